The van der Waals surface area contributed by atoms with Gasteiger partial charge in [0.25, 0.3) is 0 Å². The first-order chi connectivity index (χ1) is 10.7. The highest BCUT2D eigenvalue weighted by molar-refractivity contribution is 4.74. The minimum absolute atomic E-state index is 0.750. The zero-order valence-electron chi connectivity index (χ0n) is 15.2. The fourth-order valence-corrected chi connectivity index (χ4v) is 3.79. The van der Waals surface area contributed by atoms with Gasteiger partial charge in [0, 0.05) is 20.1 Å². The van der Waals surface area contributed by atoms with Crippen LogP contribution in [0, 0.1) is 0 Å². The minimum atomic E-state index is 0.750. The fraction of sp³-hybridized carbons (Fsp3) is 1.00. The van der Waals surface area contributed by atoms with E-state index in [1.165, 1.54) is 117 Å². The summed E-state index contributed by atoms with van der Waals surface area (Å²) in [6.07, 6.45) is 20.7. The second-order valence-electron chi connectivity index (χ2n) is 7.32. The Hall–Kier alpha value is -0.120. The first-order valence-electron chi connectivity index (χ1n) is 9.78. The molecule has 22 heavy (non-hydrogen) atoms. The van der Waals surface area contributed by atoms with Crippen LogP contribution in [0.2, 0.25) is 0 Å². The molecule has 0 amide bonds. The first-order valence-corrected chi connectivity index (χ1v) is 9.78. The van der Waals surface area contributed by atoms with Gasteiger partial charge in [-0.15, -0.1) is 5.21 Å². The molecule has 0 unspecified atom stereocenters. The Bertz CT molecular complexity index is 201. The molecule has 2 rings (SSSR count). The van der Waals surface area contributed by atoms with Crippen LogP contribution in [0.5, 0.6) is 0 Å². The SMILES string of the molecule is C1CCCCC(N2CCCCCCCC2)CCC1.CN(C)[O]. The third-order valence-electron chi connectivity index (χ3n) is 4.98. The van der Waals surface area contributed by atoms with E-state index in [-0.39, 0.29) is 0 Å². The van der Waals surface area contributed by atoms with Crippen LogP contribution in [0.3, 0.4) is 0 Å². The Balaban J connectivity index is 0.000000541. The second-order valence-corrected chi connectivity index (χ2v) is 7.32. The summed E-state index contributed by atoms with van der Waals surface area (Å²) < 4.78 is 0. The molecule has 3 nitrogen and oxygen atoms in total. The largest absolute Gasteiger partial charge is 0.300 e. The Morgan fingerprint density at radius 1 is 0.636 bits per heavy atom. The number of hydroxylamine groups is 2. The minimum Gasteiger partial charge on any atom is -0.300 e. The summed E-state index contributed by atoms with van der Waals surface area (Å²) in [5.74, 6) is 0. The van der Waals surface area contributed by atoms with Gasteiger partial charge >= 0.3 is 0 Å². The molecule has 1 heterocycles. The number of nitrogens with zero attached hydrogens (tertiary/aromatic N) is 2. The highest BCUT2D eigenvalue weighted by Crippen LogP contribution is 2.23. The van der Waals surface area contributed by atoms with Gasteiger partial charge in [0.15, 0.2) is 0 Å². The summed E-state index contributed by atoms with van der Waals surface area (Å²) in [5, 5.41) is 10.1. The van der Waals surface area contributed by atoms with E-state index in [4.69, 9.17) is 0 Å². The van der Waals surface area contributed by atoms with E-state index < -0.39 is 0 Å². The average Bonchev–Trinajstić information content (AvgIpc) is 2.69. The third kappa shape index (κ3) is 10.6. The maximum atomic E-state index is 9.36. The van der Waals surface area contributed by atoms with Gasteiger partial charge in [0.1, 0.15) is 0 Å². The predicted molar refractivity (Wildman–Crippen MR) is 94.4 cm³/mol. The van der Waals surface area contributed by atoms with Crippen LogP contribution < -0.4 is 0 Å². The van der Waals surface area contributed by atoms with Crippen LogP contribution in [0.25, 0.3) is 0 Å². The van der Waals surface area contributed by atoms with Crippen molar-refractivity contribution in [2.24, 2.45) is 0 Å². The maximum Gasteiger partial charge on any atom is 0.0154 e. The molecular formula is C19H39N2O. The summed E-state index contributed by atoms with van der Waals surface area (Å²) in [4.78, 5) is 2.87. The van der Waals surface area contributed by atoms with Crippen molar-refractivity contribution in [2.45, 2.75) is 95.9 Å². The molecule has 1 aliphatic heterocycles. The van der Waals surface area contributed by atoms with Crippen LogP contribution >= 0.6 is 0 Å². The zero-order valence-corrected chi connectivity index (χ0v) is 15.2. The van der Waals surface area contributed by atoms with E-state index in [2.05, 4.69) is 4.90 Å². The summed E-state index contributed by atoms with van der Waals surface area (Å²) in [6.45, 7) is 2.79. The van der Waals surface area contributed by atoms with Crippen molar-refractivity contribution in [3.8, 4) is 0 Å². The predicted octanol–water partition coefficient (Wildman–Crippen LogP) is 5.04. The van der Waals surface area contributed by atoms with Gasteiger partial charge in [-0.1, -0.05) is 64.2 Å². The van der Waals surface area contributed by atoms with E-state index in [9.17, 15) is 5.21 Å². The van der Waals surface area contributed by atoms with E-state index in [1.54, 1.807) is 0 Å². The van der Waals surface area contributed by atoms with Crippen molar-refractivity contribution in [3.05, 3.63) is 0 Å². The summed E-state index contributed by atoms with van der Waals surface area (Å²) in [6, 6.07) is 0.932. The molecule has 2 fully saturated rings. The Kier molecular flexibility index (Phi) is 12.1. The van der Waals surface area contributed by atoms with Gasteiger partial charge in [-0.3, -0.25) is 0 Å². The molecule has 3 heteroatoms. The molecule has 0 atom stereocenters. The topological polar surface area (TPSA) is 26.4 Å². The summed E-state index contributed by atoms with van der Waals surface area (Å²) in [5.41, 5.74) is 0. The highest BCUT2D eigenvalue weighted by atomic mass is 16.5. The smallest absolute Gasteiger partial charge is 0.0154 e. The van der Waals surface area contributed by atoms with Crippen LogP contribution in [0.4, 0.5) is 0 Å². The van der Waals surface area contributed by atoms with E-state index in [0.717, 1.165) is 11.1 Å². The molecule has 1 saturated heterocycles. The van der Waals surface area contributed by atoms with Crippen LogP contribution in [0.15, 0.2) is 0 Å². The number of hydrogen-bond acceptors (Lipinski definition) is 2. The molecule has 0 N–H and O–H groups in total. The van der Waals surface area contributed by atoms with Crippen LogP contribution in [-0.2, 0) is 5.21 Å². The third-order valence-corrected chi connectivity index (χ3v) is 4.98. The quantitative estimate of drug-likeness (QED) is 0.634. The summed E-state index contributed by atoms with van der Waals surface area (Å²) in [7, 11) is 2.89. The molecule has 1 radical (unpaired) electrons. The lowest BCUT2D eigenvalue weighted by atomic mass is 10.0. The van der Waals surface area contributed by atoms with Gasteiger partial charge < -0.3 is 4.90 Å². The Morgan fingerprint density at radius 3 is 1.36 bits per heavy atom. The van der Waals surface area contributed by atoms with E-state index in [1.807, 2.05) is 0 Å². The molecule has 1 aliphatic carbocycles. The van der Waals surface area contributed by atoms with Crippen molar-refractivity contribution in [3.63, 3.8) is 0 Å². The Morgan fingerprint density at radius 2 is 0.955 bits per heavy atom. The number of rotatable bonds is 1. The highest BCUT2D eigenvalue weighted by Gasteiger charge is 2.18. The van der Waals surface area contributed by atoms with Crippen molar-refractivity contribution in [2.75, 3.05) is 27.2 Å². The van der Waals surface area contributed by atoms with Gasteiger partial charge in [0.2, 0.25) is 0 Å². The van der Waals surface area contributed by atoms with Gasteiger partial charge in [0.05, 0.1) is 0 Å². The Labute approximate surface area is 139 Å². The average molecular weight is 312 g/mol. The number of hydrogen-bond donors (Lipinski definition) is 0. The first kappa shape index (κ1) is 19.9. The molecule has 131 valence electrons. The lowest BCUT2D eigenvalue weighted by Gasteiger charge is -2.31. The van der Waals surface area contributed by atoms with Crippen molar-refractivity contribution >= 4 is 0 Å². The van der Waals surface area contributed by atoms with Crippen molar-refractivity contribution < 1.29 is 5.21 Å². The molecule has 0 spiro atoms. The zero-order chi connectivity index (χ0) is 16.0. The van der Waals surface area contributed by atoms with E-state index >= 15 is 0 Å². The van der Waals surface area contributed by atoms with Crippen molar-refractivity contribution in [1.82, 2.24) is 9.96 Å². The van der Waals surface area contributed by atoms with Crippen LogP contribution in [-0.4, -0.2) is 43.2 Å². The maximum absolute atomic E-state index is 9.36. The molecule has 0 aromatic heterocycles. The second kappa shape index (κ2) is 13.3. The lowest BCUT2D eigenvalue weighted by Crippen LogP contribution is -2.36. The molecule has 0 aromatic rings. The molecule has 0 bridgehead atoms. The standard InChI is InChI=1S/C17H33N.C2H6NO/c1-2-6-10-14-17(13-9-5-1)18-15-11-7-3-4-8-12-16-18;1-3(2)4/h17H,1-16H2;1-2H3. The molecular weight excluding hydrogens is 272 g/mol. The van der Waals surface area contributed by atoms with Crippen molar-refractivity contribution in [1.29, 1.82) is 0 Å². The van der Waals surface area contributed by atoms with E-state index in [0.29, 0.717) is 0 Å². The molecule has 2 aliphatic rings. The normalized spacial score (nSPS) is 24.0. The fourth-order valence-electron chi connectivity index (χ4n) is 3.79. The van der Waals surface area contributed by atoms with Gasteiger partial charge in [-0.25, -0.2) is 0 Å². The monoisotopic (exact) mass is 311 g/mol. The van der Waals surface area contributed by atoms with Gasteiger partial charge in [-0.2, -0.15) is 5.06 Å². The van der Waals surface area contributed by atoms with Crippen LogP contribution in [0.1, 0.15) is 89.9 Å². The molecule has 1 saturated carbocycles. The molecule has 0 aromatic carbocycles. The summed E-state index contributed by atoms with van der Waals surface area (Å²) >= 11 is 0. The van der Waals surface area contributed by atoms with Gasteiger partial charge in [-0.05, 0) is 38.8 Å². The lowest BCUT2D eigenvalue weighted by molar-refractivity contribution is -0.111.